The molecule has 0 heterocycles. The van der Waals surface area contributed by atoms with Crippen LogP contribution in [-0.4, -0.2) is 12.9 Å². The average Bonchev–Trinajstić information content (AvgIpc) is 2.30. The van der Waals surface area contributed by atoms with E-state index < -0.39 is 0 Å². The summed E-state index contributed by atoms with van der Waals surface area (Å²) in [5.74, 6) is 7.09. The van der Waals surface area contributed by atoms with Crippen LogP contribution in [0.4, 0.5) is 0 Å². The second-order valence-electron chi connectivity index (χ2n) is 2.80. The molecule has 0 aliphatic heterocycles. The Labute approximate surface area is 95.2 Å². The van der Waals surface area contributed by atoms with Gasteiger partial charge < -0.3 is 4.74 Å². The Hall–Kier alpha value is -1.51. The highest BCUT2D eigenvalue weighted by Gasteiger charge is 1.91. The first kappa shape index (κ1) is 11.6. The van der Waals surface area contributed by atoms with Crippen molar-refractivity contribution in [3.05, 3.63) is 29.8 Å². The van der Waals surface area contributed by atoms with Gasteiger partial charge in [-0.15, -0.1) is 6.42 Å². The number of hydrogen-bond acceptors (Lipinski definition) is 2. The zero-order valence-electron chi connectivity index (χ0n) is 8.62. The molecule has 0 fully saturated rings. The minimum absolute atomic E-state index is 0.648. The van der Waals surface area contributed by atoms with Crippen molar-refractivity contribution in [1.82, 2.24) is 0 Å². The summed E-state index contributed by atoms with van der Waals surface area (Å²) in [6.07, 6.45) is 5.85. The summed E-state index contributed by atoms with van der Waals surface area (Å²) in [7, 11) is 1.66. The van der Waals surface area contributed by atoms with Crippen LogP contribution in [0.15, 0.2) is 24.3 Å². The van der Waals surface area contributed by atoms with Gasteiger partial charge in [0.1, 0.15) is 5.75 Å². The van der Waals surface area contributed by atoms with Crippen molar-refractivity contribution in [1.29, 1.82) is 0 Å². The van der Waals surface area contributed by atoms with Gasteiger partial charge in [0, 0.05) is 6.42 Å². The molecule has 1 rings (SSSR count). The lowest BCUT2D eigenvalue weighted by atomic mass is 10.1. The number of hydrogen-bond donors (Lipinski definition) is 0. The summed E-state index contributed by atoms with van der Waals surface area (Å²) in [6, 6.07) is 7.90. The Kier molecular flexibility index (Phi) is 5.30. The molecule has 0 spiro atoms. The van der Waals surface area contributed by atoms with Crippen LogP contribution in [0.5, 0.6) is 5.75 Å². The predicted octanol–water partition coefficient (Wildman–Crippen LogP) is 2.57. The monoisotopic (exact) mass is 216 g/mol. The average molecular weight is 216 g/mol. The van der Waals surface area contributed by atoms with Crippen LogP contribution >= 0.6 is 11.8 Å². The molecule has 0 aromatic heterocycles. The minimum Gasteiger partial charge on any atom is -0.497 e. The summed E-state index contributed by atoms with van der Waals surface area (Å²) < 4.78 is 5.06. The van der Waals surface area contributed by atoms with Crippen LogP contribution in [0.3, 0.4) is 0 Å². The van der Waals surface area contributed by atoms with E-state index in [1.807, 2.05) is 24.3 Å². The van der Waals surface area contributed by atoms with Crippen molar-refractivity contribution in [3.63, 3.8) is 0 Å². The standard InChI is InChI=1S/C13H12OS/c1-3-10-15-11-4-5-12-6-8-13(14-2)9-7-12/h1,6-9H,5,10H2,2H3. The normalized spacial score (nSPS) is 8.53. The van der Waals surface area contributed by atoms with Gasteiger partial charge in [0.15, 0.2) is 0 Å². The smallest absolute Gasteiger partial charge is 0.118 e. The molecule has 1 aromatic carbocycles. The molecule has 0 aliphatic carbocycles. The Morgan fingerprint density at radius 1 is 1.33 bits per heavy atom. The summed E-state index contributed by atoms with van der Waals surface area (Å²) in [6.45, 7) is 0. The van der Waals surface area contributed by atoms with Crippen LogP contribution in [0.25, 0.3) is 0 Å². The number of ether oxygens (including phenoxy) is 1. The number of methoxy groups -OCH3 is 1. The maximum atomic E-state index is 5.10. The Bertz CT molecular complexity index is 389. The molecule has 76 valence electrons. The Morgan fingerprint density at radius 2 is 2.07 bits per heavy atom. The molecule has 2 heteroatoms. The van der Waals surface area contributed by atoms with E-state index >= 15 is 0 Å². The predicted molar refractivity (Wildman–Crippen MR) is 65.8 cm³/mol. The first-order valence-electron chi connectivity index (χ1n) is 4.53. The van der Waals surface area contributed by atoms with E-state index in [0.717, 1.165) is 12.2 Å². The van der Waals surface area contributed by atoms with E-state index in [2.05, 4.69) is 17.1 Å². The van der Waals surface area contributed by atoms with Crippen LogP contribution in [0, 0.1) is 23.5 Å². The van der Waals surface area contributed by atoms with Gasteiger partial charge in [-0.3, -0.25) is 0 Å². The maximum absolute atomic E-state index is 5.10. The molecule has 1 aromatic rings. The lowest BCUT2D eigenvalue weighted by Crippen LogP contribution is -1.84. The fourth-order valence-corrected chi connectivity index (χ4v) is 1.34. The fourth-order valence-electron chi connectivity index (χ4n) is 1.01. The molecule has 0 amide bonds. The first-order valence-corrected chi connectivity index (χ1v) is 5.51. The van der Waals surface area contributed by atoms with Crippen molar-refractivity contribution < 1.29 is 4.74 Å². The molecule has 0 aliphatic rings. The Morgan fingerprint density at radius 3 is 2.67 bits per heavy atom. The van der Waals surface area contributed by atoms with Crippen molar-refractivity contribution in [2.24, 2.45) is 0 Å². The van der Waals surface area contributed by atoms with E-state index in [1.165, 1.54) is 17.3 Å². The van der Waals surface area contributed by atoms with Gasteiger partial charge in [-0.25, -0.2) is 0 Å². The van der Waals surface area contributed by atoms with Crippen LogP contribution < -0.4 is 4.74 Å². The SMILES string of the molecule is C#CCSC#CCc1ccc(OC)cc1. The minimum atomic E-state index is 0.648. The topological polar surface area (TPSA) is 9.23 Å². The van der Waals surface area contributed by atoms with Gasteiger partial charge in [-0.05, 0) is 22.9 Å². The maximum Gasteiger partial charge on any atom is 0.118 e. The molecule has 0 saturated heterocycles. The number of thioether (sulfide) groups is 1. The van der Waals surface area contributed by atoms with Gasteiger partial charge in [0.25, 0.3) is 0 Å². The first-order chi connectivity index (χ1) is 7.36. The molecule has 0 atom stereocenters. The quantitative estimate of drug-likeness (QED) is 0.567. The van der Waals surface area contributed by atoms with Crippen molar-refractivity contribution >= 4 is 11.8 Å². The summed E-state index contributed by atoms with van der Waals surface area (Å²) in [5.41, 5.74) is 1.18. The van der Waals surface area contributed by atoms with Crippen molar-refractivity contribution in [2.75, 3.05) is 12.9 Å². The van der Waals surface area contributed by atoms with Gasteiger partial charge in [0.2, 0.25) is 0 Å². The zero-order valence-corrected chi connectivity index (χ0v) is 9.43. The molecular weight excluding hydrogens is 204 g/mol. The third-order valence-corrected chi connectivity index (χ3v) is 2.35. The molecule has 0 unspecified atom stereocenters. The molecule has 0 radical (unpaired) electrons. The van der Waals surface area contributed by atoms with Gasteiger partial charge >= 0.3 is 0 Å². The molecule has 1 nitrogen and oxygen atoms in total. The summed E-state index contributed by atoms with van der Waals surface area (Å²) in [4.78, 5) is 0. The second kappa shape index (κ2) is 6.87. The van der Waals surface area contributed by atoms with Crippen LogP contribution in [0.2, 0.25) is 0 Å². The molecule has 0 N–H and O–H groups in total. The van der Waals surface area contributed by atoms with E-state index in [-0.39, 0.29) is 0 Å². The number of benzene rings is 1. The van der Waals surface area contributed by atoms with Gasteiger partial charge in [-0.1, -0.05) is 35.7 Å². The molecular formula is C13H12OS. The third kappa shape index (κ3) is 4.49. The van der Waals surface area contributed by atoms with Crippen molar-refractivity contribution in [2.45, 2.75) is 6.42 Å². The number of rotatable bonds is 3. The van der Waals surface area contributed by atoms with Gasteiger partial charge in [-0.2, -0.15) is 0 Å². The second-order valence-corrected chi connectivity index (χ2v) is 3.58. The lowest BCUT2D eigenvalue weighted by Gasteiger charge is -1.99. The highest BCUT2D eigenvalue weighted by Crippen LogP contribution is 2.11. The van der Waals surface area contributed by atoms with E-state index in [1.54, 1.807) is 7.11 Å². The van der Waals surface area contributed by atoms with Crippen LogP contribution in [0.1, 0.15) is 5.56 Å². The Balaban J connectivity index is 2.43. The van der Waals surface area contributed by atoms with E-state index in [9.17, 15) is 0 Å². The molecule has 0 bridgehead atoms. The highest BCUT2D eigenvalue weighted by atomic mass is 32.2. The van der Waals surface area contributed by atoms with Crippen LogP contribution in [-0.2, 0) is 6.42 Å². The van der Waals surface area contributed by atoms with Gasteiger partial charge in [0.05, 0.1) is 12.9 Å². The summed E-state index contributed by atoms with van der Waals surface area (Å²) in [5, 5.41) is 2.96. The fraction of sp³-hybridized carbons (Fsp3) is 0.231. The highest BCUT2D eigenvalue weighted by molar-refractivity contribution is 8.04. The molecule has 0 saturated carbocycles. The summed E-state index contributed by atoms with van der Waals surface area (Å²) >= 11 is 1.46. The largest absolute Gasteiger partial charge is 0.497 e. The number of terminal acetylenes is 1. The lowest BCUT2D eigenvalue weighted by molar-refractivity contribution is 0.414. The van der Waals surface area contributed by atoms with Crippen molar-refractivity contribution in [3.8, 4) is 29.3 Å². The molecule has 15 heavy (non-hydrogen) atoms. The van der Waals surface area contributed by atoms with E-state index in [4.69, 9.17) is 11.2 Å². The van der Waals surface area contributed by atoms with E-state index in [0.29, 0.717) is 5.75 Å². The third-order valence-electron chi connectivity index (χ3n) is 1.75. The zero-order chi connectivity index (χ0) is 10.9.